The lowest BCUT2D eigenvalue weighted by atomic mass is 10.0. The normalized spacial score (nSPS) is 17.4. The molecule has 0 unspecified atom stereocenters. The third kappa shape index (κ3) is 3.77. The van der Waals surface area contributed by atoms with Gasteiger partial charge in [-0.05, 0) is 41.7 Å². The molecule has 1 aliphatic heterocycles. The average molecular weight is 329 g/mol. The van der Waals surface area contributed by atoms with Gasteiger partial charge >= 0.3 is 0 Å². The summed E-state index contributed by atoms with van der Waals surface area (Å²) in [6.45, 7) is 5.72. The van der Waals surface area contributed by atoms with Crippen molar-refractivity contribution >= 4 is 27.6 Å². The molecule has 7 heteroatoms. The molecule has 0 spiro atoms. The number of nitrogens with two attached hydrogens (primary N) is 1. The lowest BCUT2D eigenvalue weighted by molar-refractivity contribution is 0.219. The van der Waals surface area contributed by atoms with Crippen LogP contribution in [0, 0.1) is 0 Å². The summed E-state index contributed by atoms with van der Waals surface area (Å²) in [5.74, 6) is 6.80. The molecule has 106 valence electrons. The van der Waals surface area contributed by atoms with Crippen molar-refractivity contribution in [3.63, 3.8) is 0 Å². The quantitative estimate of drug-likeness (QED) is 0.565. The van der Waals surface area contributed by atoms with Gasteiger partial charge in [-0.2, -0.15) is 0 Å². The van der Waals surface area contributed by atoms with Gasteiger partial charge in [-0.1, -0.05) is 6.92 Å². The SMILES string of the molecule is CCCN1CCC(Nc2ncnc(NN)c2Br)CC1. The molecule has 1 saturated heterocycles. The number of likely N-dealkylation sites (tertiary alicyclic amines) is 1. The maximum absolute atomic E-state index is 5.40. The van der Waals surface area contributed by atoms with Crippen LogP contribution in [-0.2, 0) is 0 Å². The number of hydrogen-bond donors (Lipinski definition) is 3. The van der Waals surface area contributed by atoms with Crippen LogP contribution >= 0.6 is 15.9 Å². The van der Waals surface area contributed by atoms with E-state index >= 15 is 0 Å². The highest BCUT2D eigenvalue weighted by Gasteiger charge is 2.20. The number of hydrogen-bond acceptors (Lipinski definition) is 6. The van der Waals surface area contributed by atoms with Crippen molar-refractivity contribution in [2.45, 2.75) is 32.2 Å². The van der Waals surface area contributed by atoms with E-state index in [4.69, 9.17) is 5.84 Å². The molecule has 0 amide bonds. The number of nitrogen functional groups attached to an aromatic ring is 1. The molecule has 1 fully saturated rings. The van der Waals surface area contributed by atoms with E-state index in [1.54, 1.807) is 0 Å². The van der Waals surface area contributed by atoms with Crippen molar-refractivity contribution in [3.8, 4) is 0 Å². The van der Waals surface area contributed by atoms with E-state index in [0.29, 0.717) is 11.9 Å². The van der Waals surface area contributed by atoms with E-state index in [1.807, 2.05) is 0 Å². The Morgan fingerprint density at radius 2 is 2.05 bits per heavy atom. The minimum absolute atomic E-state index is 0.463. The molecule has 0 aliphatic carbocycles. The fourth-order valence-electron chi connectivity index (χ4n) is 2.38. The molecular weight excluding hydrogens is 308 g/mol. The van der Waals surface area contributed by atoms with E-state index in [2.05, 4.69) is 48.5 Å². The molecule has 1 aromatic rings. The second-order valence-electron chi connectivity index (χ2n) is 4.79. The van der Waals surface area contributed by atoms with Crippen molar-refractivity contribution in [1.82, 2.24) is 14.9 Å². The van der Waals surface area contributed by atoms with Crippen molar-refractivity contribution < 1.29 is 0 Å². The zero-order chi connectivity index (χ0) is 13.7. The molecular formula is C12H21BrN6. The summed E-state index contributed by atoms with van der Waals surface area (Å²) < 4.78 is 0.786. The van der Waals surface area contributed by atoms with E-state index in [-0.39, 0.29) is 0 Å². The summed E-state index contributed by atoms with van der Waals surface area (Å²) in [4.78, 5) is 10.8. The van der Waals surface area contributed by atoms with Gasteiger partial charge in [-0.3, -0.25) is 0 Å². The topological polar surface area (TPSA) is 79.1 Å². The Kier molecular flexibility index (Phi) is 5.35. The first kappa shape index (κ1) is 14.5. The highest BCUT2D eigenvalue weighted by molar-refractivity contribution is 9.10. The third-order valence-corrected chi connectivity index (χ3v) is 4.15. The number of rotatable bonds is 5. The van der Waals surface area contributed by atoms with Crippen molar-refractivity contribution in [1.29, 1.82) is 0 Å². The van der Waals surface area contributed by atoms with Gasteiger partial charge in [0.15, 0.2) is 5.82 Å². The summed E-state index contributed by atoms with van der Waals surface area (Å²) >= 11 is 3.46. The summed E-state index contributed by atoms with van der Waals surface area (Å²) in [5.41, 5.74) is 2.55. The van der Waals surface area contributed by atoms with E-state index in [9.17, 15) is 0 Å². The van der Waals surface area contributed by atoms with Crippen LogP contribution in [0.5, 0.6) is 0 Å². The lowest BCUT2D eigenvalue weighted by Gasteiger charge is -2.32. The summed E-state index contributed by atoms with van der Waals surface area (Å²) in [7, 11) is 0. The Labute approximate surface area is 122 Å². The maximum atomic E-state index is 5.40. The number of nitrogens with zero attached hydrogens (tertiary/aromatic N) is 3. The second-order valence-corrected chi connectivity index (χ2v) is 5.58. The van der Waals surface area contributed by atoms with Gasteiger partial charge in [0.1, 0.15) is 16.6 Å². The van der Waals surface area contributed by atoms with Crippen LogP contribution in [0.4, 0.5) is 11.6 Å². The lowest BCUT2D eigenvalue weighted by Crippen LogP contribution is -2.39. The first-order valence-corrected chi connectivity index (χ1v) is 7.50. The summed E-state index contributed by atoms with van der Waals surface area (Å²) in [6.07, 6.45) is 5.01. The molecule has 2 heterocycles. The van der Waals surface area contributed by atoms with Crippen molar-refractivity contribution in [2.24, 2.45) is 5.84 Å². The molecule has 2 rings (SSSR count). The Morgan fingerprint density at radius 1 is 1.37 bits per heavy atom. The smallest absolute Gasteiger partial charge is 0.159 e. The molecule has 6 nitrogen and oxygen atoms in total. The van der Waals surface area contributed by atoms with Gasteiger partial charge in [-0.15, -0.1) is 0 Å². The van der Waals surface area contributed by atoms with Crippen molar-refractivity contribution in [2.75, 3.05) is 30.4 Å². The number of aromatic nitrogens is 2. The summed E-state index contributed by atoms with van der Waals surface area (Å²) in [6, 6.07) is 0.463. The molecule has 0 saturated carbocycles. The van der Waals surface area contributed by atoms with Crippen LogP contribution in [0.15, 0.2) is 10.8 Å². The number of hydrazine groups is 1. The molecule has 0 radical (unpaired) electrons. The first-order valence-electron chi connectivity index (χ1n) is 6.70. The monoisotopic (exact) mass is 328 g/mol. The number of nitrogens with one attached hydrogen (secondary N) is 2. The highest BCUT2D eigenvalue weighted by Crippen LogP contribution is 2.27. The Morgan fingerprint density at radius 3 is 2.68 bits per heavy atom. The molecule has 4 N–H and O–H groups in total. The summed E-state index contributed by atoms with van der Waals surface area (Å²) in [5, 5.41) is 3.47. The van der Waals surface area contributed by atoms with E-state index in [0.717, 1.165) is 36.2 Å². The van der Waals surface area contributed by atoms with Crippen LogP contribution < -0.4 is 16.6 Å². The molecule has 19 heavy (non-hydrogen) atoms. The largest absolute Gasteiger partial charge is 0.366 e. The zero-order valence-electron chi connectivity index (χ0n) is 11.2. The predicted octanol–water partition coefficient (Wildman–Crippen LogP) is 1.81. The van der Waals surface area contributed by atoms with E-state index in [1.165, 1.54) is 19.3 Å². The number of halogens is 1. The molecule has 0 aromatic carbocycles. The molecule has 1 aromatic heterocycles. The van der Waals surface area contributed by atoms with Gasteiger partial charge in [-0.25, -0.2) is 15.8 Å². The number of anilines is 2. The molecule has 1 aliphatic rings. The minimum Gasteiger partial charge on any atom is -0.366 e. The fraction of sp³-hybridized carbons (Fsp3) is 0.667. The molecule has 0 bridgehead atoms. The van der Waals surface area contributed by atoms with Crippen LogP contribution in [0.3, 0.4) is 0 Å². The third-order valence-electron chi connectivity index (χ3n) is 3.39. The van der Waals surface area contributed by atoms with Crippen LogP contribution in [0.2, 0.25) is 0 Å². The van der Waals surface area contributed by atoms with Gasteiger partial charge in [0.05, 0.1) is 0 Å². The van der Waals surface area contributed by atoms with Crippen LogP contribution in [-0.4, -0.2) is 40.5 Å². The minimum atomic E-state index is 0.463. The molecule has 0 atom stereocenters. The fourth-order valence-corrected chi connectivity index (χ4v) is 2.82. The van der Waals surface area contributed by atoms with Crippen molar-refractivity contribution in [3.05, 3.63) is 10.8 Å². The van der Waals surface area contributed by atoms with Crippen LogP contribution in [0.25, 0.3) is 0 Å². The zero-order valence-corrected chi connectivity index (χ0v) is 12.8. The van der Waals surface area contributed by atoms with E-state index < -0.39 is 0 Å². The Balaban J connectivity index is 1.92. The Bertz CT molecular complexity index is 405. The first-order chi connectivity index (χ1) is 9.24. The predicted molar refractivity (Wildman–Crippen MR) is 80.9 cm³/mol. The maximum Gasteiger partial charge on any atom is 0.159 e. The van der Waals surface area contributed by atoms with Gasteiger partial charge in [0.2, 0.25) is 0 Å². The standard InChI is InChI=1S/C12H21BrN6/c1-2-5-19-6-3-9(4-7-19)17-11-10(13)12(18-14)16-8-15-11/h8-9H,2-7,14H2,1H3,(H2,15,16,17,18). The Hall–Kier alpha value is -0.920. The average Bonchev–Trinajstić information content (AvgIpc) is 2.43. The van der Waals surface area contributed by atoms with Gasteiger partial charge in [0, 0.05) is 19.1 Å². The highest BCUT2D eigenvalue weighted by atomic mass is 79.9. The van der Waals surface area contributed by atoms with Gasteiger partial charge < -0.3 is 15.6 Å². The second kappa shape index (κ2) is 7.02. The number of piperidine rings is 1. The van der Waals surface area contributed by atoms with Gasteiger partial charge in [0.25, 0.3) is 0 Å². The van der Waals surface area contributed by atoms with Crippen LogP contribution in [0.1, 0.15) is 26.2 Å².